The fourth-order valence-electron chi connectivity index (χ4n) is 0.970. The van der Waals surface area contributed by atoms with E-state index in [9.17, 15) is 0 Å². The number of aromatic amines is 1. The zero-order valence-electron chi connectivity index (χ0n) is 6.20. The van der Waals surface area contributed by atoms with E-state index in [0.29, 0.717) is 0 Å². The van der Waals surface area contributed by atoms with E-state index in [0.717, 1.165) is 23.1 Å². The molecule has 11 heavy (non-hydrogen) atoms. The number of hydrogen-bond donors (Lipinski definition) is 1. The van der Waals surface area contributed by atoms with Gasteiger partial charge in [0, 0.05) is 5.39 Å². The van der Waals surface area contributed by atoms with Gasteiger partial charge in [0.05, 0.1) is 11.9 Å². The molecule has 0 radical (unpaired) electrons. The number of aromatic nitrogens is 4. The maximum absolute atomic E-state index is 3.98. The highest BCUT2D eigenvalue weighted by Crippen LogP contribution is 2.06. The minimum Gasteiger partial charge on any atom is -0.259 e. The summed E-state index contributed by atoms with van der Waals surface area (Å²) in [5, 5.41) is 15.5. The first kappa shape index (κ1) is 6.27. The topological polar surface area (TPSA) is 54.5 Å². The number of aryl methyl sites for hydroxylation is 1. The summed E-state index contributed by atoms with van der Waals surface area (Å²) < 4.78 is 0. The third-order valence-electron chi connectivity index (χ3n) is 1.61. The molecular weight excluding hydrogens is 140 g/mol. The molecule has 0 aromatic carbocycles. The van der Waals surface area contributed by atoms with Crippen LogP contribution in [0.2, 0.25) is 0 Å². The van der Waals surface area contributed by atoms with Gasteiger partial charge in [0.1, 0.15) is 0 Å². The van der Waals surface area contributed by atoms with Crippen LogP contribution in [0.15, 0.2) is 12.3 Å². The third kappa shape index (κ3) is 0.960. The summed E-state index contributed by atoms with van der Waals surface area (Å²) in [6.07, 6.45) is 2.66. The summed E-state index contributed by atoms with van der Waals surface area (Å²) in [4.78, 5) is 0. The molecule has 2 heterocycles. The van der Waals surface area contributed by atoms with E-state index in [4.69, 9.17) is 0 Å². The van der Waals surface area contributed by atoms with Crippen LogP contribution in [0, 0.1) is 0 Å². The van der Waals surface area contributed by atoms with Crippen molar-refractivity contribution >= 4 is 11.0 Å². The van der Waals surface area contributed by atoms with Crippen molar-refractivity contribution in [2.45, 2.75) is 13.3 Å². The van der Waals surface area contributed by atoms with Crippen molar-refractivity contribution in [3.63, 3.8) is 0 Å². The standard InChI is InChI=1S/C7H8N4/c1-2-6-3-5-4-8-10-7(5)11-9-6/h3-4H,2H2,1H3,(H,8,10,11). The molecule has 0 unspecified atom stereocenters. The lowest BCUT2D eigenvalue weighted by molar-refractivity contribution is 0.932. The molecule has 1 N–H and O–H groups in total. The SMILES string of the molecule is CCc1cc2cn[nH]c2nn1. The second kappa shape index (κ2) is 2.30. The lowest BCUT2D eigenvalue weighted by atomic mass is 10.3. The first-order valence-corrected chi connectivity index (χ1v) is 3.56. The van der Waals surface area contributed by atoms with Gasteiger partial charge in [-0.25, -0.2) is 0 Å². The second-order valence-electron chi connectivity index (χ2n) is 2.36. The molecule has 0 aliphatic rings. The Bertz CT molecular complexity index is 365. The molecule has 0 spiro atoms. The highest BCUT2D eigenvalue weighted by Gasteiger charge is 1.97. The first-order valence-electron chi connectivity index (χ1n) is 3.56. The molecule has 2 aromatic rings. The highest BCUT2D eigenvalue weighted by molar-refractivity contribution is 5.72. The average molecular weight is 148 g/mol. The largest absolute Gasteiger partial charge is 0.259 e. The van der Waals surface area contributed by atoms with Crippen LogP contribution in [0.5, 0.6) is 0 Å². The van der Waals surface area contributed by atoms with Crippen molar-refractivity contribution in [2.75, 3.05) is 0 Å². The number of rotatable bonds is 1. The van der Waals surface area contributed by atoms with Gasteiger partial charge < -0.3 is 0 Å². The predicted molar refractivity (Wildman–Crippen MR) is 41.1 cm³/mol. The first-order chi connectivity index (χ1) is 5.40. The Kier molecular flexibility index (Phi) is 1.31. The van der Waals surface area contributed by atoms with Crippen molar-refractivity contribution < 1.29 is 0 Å². The summed E-state index contributed by atoms with van der Waals surface area (Å²) in [6.45, 7) is 2.05. The van der Waals surface area contributed by atoms with Gasteiger partial charge in [0.15, 0.2) is 5.65 Å². The van der Waals surface area contributed by atoms with E-state index in [-0.39, 0.29) is 0 Å². The van der Waals surface area contributed by atoms with Gasteiger partial charge >= 0.3 is 0 Å². The van der Waals surface area contributed by atoms with Gasteiger partial charge in [-0.15, -0.1) is 5.10 Å². The predicted octanol–water partition coefficient (Wildman–Crippen LogP) is 0.915. The van der Waals surface area contributed by atoms with E-state index in [1.54, 1.807) is 6.20 Å². The zero-order valence-corrected chi connectivity index (χ0v) is 6.20. The Morgan fingerprint density at radius 1 is 1.45 bits per heavy atom. The maximum Gasteiger partial charge on any atom is 0.177 e. The molecule has 0 aliphatic carbocycles. The van der Waals surface area contributed by atoms with E-state index < -0.39 is 0 Å². The fourth-order valence-corrected chi connectivity index (χ4v) is 0.970. The van der Waals surface area contributed by atoms with Gasteiger partial charge in [-0.3, -0.25) is 5.10 Å². The van der Waals surface area contributed by atoms with Gasteiger partial charge in [0.2, 0.25) is 0 Å². The molecule has 0 aliphatic heterocycles. The average Bonchev–Trinajstić information content (AvgIpc) is 2.50. The molecule has 4 nitrogen and oxygen atoms in total. The minimum atomic E-state index is 0.752. The molecule has 2 aromatic heterocycles. The molecular formula is C7H8N4. The van der Waals surface area contributed by atoms with E-state index >= 15 is 0 Å². The van der Waals surface area contributed by atoms with E-state index in [1.807, 2.05) is 6.07 Å². The molecule has 0 saturated heterocycles. The fraction of sp³-hybridized carbons (Fsp3) is 0.286. The zero-order chi connectivity index (χ0) is 7.68. The van der Waals surface area contributed by atoms with Gasteiger partial charge in [-0.1, -0.05) is 6.92 Å². The van der Waals surface area contributed by atoms with Crippen LogP contribution >= 0.6 is 0 Å². The summed E-state index contributed by atoms with van der Waals surface area (Å²) in [5.41, 5.74) is 1.75. The summed E-state index contributed by atoms with van der Waals surface area (Å²) in [6, 6.07) is 1.99. The molecule has 0 amide bonds. The number of H-pyrrole nitrogens is 1. The Balaban J connectivity index is 2.67. The smallest absolute Gasteiger partial charge is 0.177 e. The molecule has 0 bridgehead atoms. The second-order valence-corrected chi connectivity index (χ2v) is 2.36. The number of hydrogen-bond acceptors (Lipinski definition) is 3. The van der Waals surface area contributed by atoms with Crippen LogP contribution in [0.4, 0.5) is 0 Å². The van der Waals surface area contributed by atoms with Crippen molar-refractivity contribution in [1.82, 2.24) is 20.4 Å². The third-order valence-corrected chi connectivity index (χ3v) is 1.61. The van der Waals surface area contributed by atoms with E-state index in [2.05, 4.69) is 27.3 Å². The summed E-state index contributed by atoms with van der Waals surface area (Å²) in [5.74, 6) is 0. The number of nitrogens with zero attached hydrogens (tertiary/aromatic N) is 3. The molecule has 2 rings (SSSR count). The van der Waals surface area contributed by atoms with Gasteiger partial charge in [-0.2, -0.15) is 10.2 Å². The molecule has 56 valence electrons. The molecule has 0 saturated carbocycles. The van der Waals surface area contributed by atoms with E-state index in [1.165, 1.54) is 0 Å². The van der Waals surface area contributed by atoms with Crippen LogP contribution in [-0.2, 0) is 6.42 Å². The summed E-state index contributed by atoms with van der Waals surface area (Å²) >= 11 is 0. The lowest BCUT2D eigenvalue weighted by Crippen LogP contribution is -1.89. The number of nitrogens with one attached hydrogen (secondary N) is 1. The summed E-state index contributed by atoms with van der Waals surface area (Å²) in [7, 11) is 0. The Labute approximate surface area is 63.6 Å². The van der Waals surface area contributed by atoms with Crippen LogP contribution in [0.25, 0.3) is 11.0 Å². The molecule has 4 heteroatoms. The van der Waals surface area contributed by atoms with Gasteiger partial charge in [-0.05, 0) is 12.5 Å². The van der Waals surface area contributed by atoms with Crippen molar-refractivity contribution in [2.24, 2.45) is 0 Å². The maximum atomic E-state index is 3.98. The van der Waals surface area contributed by atoms with Crippen molar-refractivity contribution in [3.05, 3.63) is 18.0 Å². The lowest BCUT2D eigenvalue weighted by Gasteiger charge is -1.91. The van der Waals surface area contributed by atoms with Crippen molar-refractivity contribution in [1.29, 1.82) is 0 Å². The normalized spacial score (nSPS) is 10.6. The number of fused-ring (bicyclic) bond motifs is 1. The van der Waals surface area contributed by atoms with Gasteiger partial charge in [0.25, 0.3) is 0 Å². The van der Waals surface area contributed by atoms with Crippen LogP contribution in [0.3, 0.4) is 0 Å². The monoisotopic (exact) mass is 148 g/mol. The Morgan fingerprint density at radius 2 is 2.36 bits per heavy atom. The Morgan fingerprint density at radius 3 is 3.18 bits per heavy atom. The Hall–Kier alpha value is -1.45. The van der Waals surface area contributed by atoms with Crippen LogP contribution in [0.1, 0.15) is 12.6 Å². The highest BCUT2D eigenvalue weighted by atomic mass is 15.2. The van der Waals surface area contributed by atoms with Crippen LogP contribution in [-0.4, -0.2) is 20.4 Å². The minimum absolute atomic E-state index is 0.752. The van der Waals surface area contributed by atoms with Crippen LogP contribution < -0.4 is 0 Å². The molecule has 0 atom stereocenters. The quantitative estimate of drug-likeness (QED) is 0.654. The van der Waals surface area contributed by atoms with Crippen molar-refractivity contribution in [3.8, 4) is 0 Å². The molecule has 0 fully saturated rings.